The molecule has 0 radical (unpaired) electrons. The number of carboxylic acid groups (broad SMARTS) is 1. The number of amides is 1. The maximum atomic E-state index is 11.7. The molecule has 1 amide bonds. The summed E-state index contributed by atoms with van der Waals surface area (Å²) < 4.78 is 0. The predicted molar refractivity (Wildman–Crippen MR) is 60.8 cm³/mol. The first kappa shape index (κ1) is 12.5. The number of aromatic nitrogens is 4. The summed E-state index contributed by atoms with van der Waals surface area (Å²) >= 11 is 0. The molecular formula is C10H15N5O3. The number of hydrogen-bond donors (Lipinski definition) is 1. The van der Waals surface area contributed by atoms with Gasteiger partial charge in [-0.15, -0.1) is 5.10 Å². The number of unbranched alkanes of at least 4 members (excludes halogenated alkanes) is 1. The van der Waals surface area contributed by atoms with Gasteiger partial charge < -0.3 is 5.11 Å². The second kappa shape index (κ2) is 5.11. The molecule has 1 atom stereocenters. The van der Waals surface area contributed by atoms with Crippen molar-refractivity contribution in [2.24, 2.45) is 5.92 Å². The smallest absolute Gasteiger partial charge is 0.308 e. The fraction of sp³-hybridized carbons (Fsp3) is 0.700. The highest BCUT2D eigenvalue weighted by Crippen LogP contribution is 2.21. The second-order valence-electron chi connectivity index (χ2n) is 4.28. The minimum absolute atomic E-state index is 0.00116. The number of anilines is 1. The van der Waals surface area contributed by atoms with Gasteiger partial charge >= 0.3 is 5.97 Å². The van der Waals surface area contributed by atoms with Gasteiger partial charge in [-0.2, -0.15) is 4.80 Å². The van der Waals surface area contributed by atoms with Crippen molar-refractivity contribution in [1.82, 2.24) is 20.2 Å². The third-order valence-corrected chi connectivity index (χ3v) is 2.87. The molecule has 1 aromatic heterocycles. The molecule has 1 fully saturated rings. The second-order valence-corrected chi connectivity index (χ2v) is 4.28. The van der Waals surface area contributed by atoms with E-state index < -0.39 is 11.9 Å². The Kier molecular flexibility index (Phi) is 3.54. The van der Waals surface area contributed by atoms with Crippen LogP contribution in [0.3, 0.4) is 0 Å². The lowest BCUT2D eigenvalue weighted by atomic mass is 10.1. The first-order chi connectivity index (χ1) is 8.61. The minimum Gasteiger partial charge on any atom is -0.481 e. The van der Waals surface area contributed by atoms with Crippen LogP contribution in [0.2, 0.25) is 0 Å². The first-order valence-electron chi connectivity index (χ1n) is 5.92. The Bertz CT molecular complexity index is 458. The van der Waals surface area contributed by atoms with Crippen molar-refractivity contribution in [1.29, 1.82) is 0 Å². The van der Waals surface area contributed by atoms with Crippen LogP contribution < -0.4 is 4.90 Å². The van der Waals surface area contributed by atoms with Crippen molar-refractivity contribution in [3.05, 3.63) is 0 Å². The van der Waals surface area contributed by atoms with Gasteiger partial charge in [0, 0.05) is 13.0 Å². The zero-order valence-corrected chi connectivity index (χ0v) is 10.1. The number of aliphatic carboxylic acids is 1. The lowest BCUT2D eigenvalue weighted by molar-refractivity contribution is -0.141. The van der Waals surface area contributed by atoms with Gasteiger partial charge in [-0.3, -0.25) is 14.5 Å². The molecule has 1 aliphatic rings. The Balaban J connectivity index is 2.05. The number of rotatable bonds is 5. The summed E-state index contributed by atoms with van der Waals surface area (Å²) in [5.41, 5.74) is 0. The van der Waals surface area contributed by atoms with Crippen molar-refractivity contribution in [2.45, 2.75) is 32.7 Å². The topological polar surface area (TPSA) is 101 Å². The molecule has 18 heavy (non-hydrogen) atoms. The van der Waals surface area contributed by atoms with Crippen molar-refractivity contribution in [3.63, 3.8) is 0 Å². The van der Waals surface area contributed by atoms with E-state index in [4.69, 9.17) is 5.11 Å². The molecule has 1 N–H and O–H groups in total. The van der Waals surface area contributed by atoms with Crippen LogP contribution in [0.25, 0.3) is 0 Å². The summed E-state index contributed by atoms with van der Waals surface area (Å²) in [5.74, 6) is -1.72. The summed E-state index contributed by atoms with van der Waals surface area (Å²) in [6.45, 7) is 2.82. The molecule has 0 bridgehead atoms. The zero-order valence-electron chi connectivity index (χ0n) is 10.1. The largest absolute Gasteiger partial charge is 0.481 e. The molecule has 8 heteroatoms. The van der Waals surface area contributed by atoms with E-state index in [9.17, 15) is 9.59 Å². The summed E-state index contributed by atoms with van der Waals surface area (Å²) in [7, 11) is 0. The number of carbonyl (C=O) groups excluding carboxylic acids is 1. The Labute approximate surface area is 104 Å². The van der Waals surface area contributed by atoms with E-state index in [1.165, 1.54) is 9.70 Å². The Hall–Kier alpha value is -1.99. The highest BCUT2D eigenvalue weighted by molar-refractivity contribution is 5.97. The van der Waals surface area contributed by atoms with E-state index in [0.29, 0.717) is 6.54 Å². The van der Waals surface area contributed by atoms with Gasteiger partial charge in [0.2, 0.25) is 5.91 Å². The lowest BCUT2D eigenvalue weighted by Crippen LogP contribution is -2.27. The normalized spacial score (nSPS) is 19.5. The van der Waals surface area contributed by atoms with Crippen LogP contribution in [0.1, 0.15) is 26.2 Å². The fourth-order valence-electron chi connectivity index (χ4n) is 1.80. The molecule has 0 spiro atoms. The number of carboxylic acids is 1. The van der Waals surface area contributed by atoms with Gasteiger partial charge in [-0.05, 0) is 11.6 Å². The molecule has 2 rings (SSSR count). The van der Waals surface area contributed by atoms with E-state index in [2.05, 4.69) is 22.3 Å². The van der Waals surface area contributed by atoms with Crippen LogP contribution in [0, 0.1) is 5.92 Å². The molecule has 0 aliphatic carbocycles. The summed E-state index contributed by atoms with van der Waals surface area (Å²) in [5, 5.41) is 20.6. The van der Waals surface area contributed by atoms with Crippen molar-refractivity contribution >= 4 is 17.8 Å². The van der Waals surface area contributed by atoms with Crippen molar-refractivity contribution in [3.8, 4) is 0 Å². The third kappa shape index (κ3) is 2.47. The molecule has 0 saturated carbocycles. The van der Waals surface area contributed by atoms with Gasteiger partial charge in [0.1, 0.15) is 0 Å². The van der Waals surface area contributed by atoms with Crippen LogP contribution >= 0.6 is 0 Å². The minimum atomic E-state index is -0.968. The monoisotopic (exact) mass is 253 g/mol. The molecule has 98 valence electrons. The summed E-state index contributed by atoms with van der Waals surface area (Å²) in [6, 6.07) is 0. The highest BCUT2D eigenvalue weighted by atomic mass is 16.4. The fourth-order valence-corrected chi connectivity index (χ4v) is 1.80. The molecule has 8 nitrogen and oxygen atoms in total. The average Bonchev–Trinajstić information content (AvgIpc) is 2.92. The zero-order chi connectivity index (χ0) is 13.1. The first-order valence-corrected chi connectivity index (χ1v) is 5.92. The van der Waals surface area contributed by atoms with Crippen LogP contribution in [0.4, 0.5) is 5.95 Å². The number of nitrogens with zero attached hydrogens (tertiary/aromatic N) is 5. The molecular weight excluding hydrogens is 238 g/mol. The summed E-state index contributed by atoms with van der Waals surface area (Å²) in [4.78, 5) is 25.2. The highest BCUT2D eigenvalue weighted by Gasteiger charge is 2.37. The summed E-state index contributed by atoms with van der Waals surface area (Å²) in [6.07, 6.45) is 1.95. The maximum Gasteiger partial charge on any atom is 0.308 e. The Morgan fingerprint density at radius 3 is 2.94 bits per heavy atom. The average molecular weight is 253 g/mol. The molecule has 1 aliphatic heterocycles. The quantitative estimate of drug-likeness (QED) is 0.787. The van der Waals surface area contributed by atoms with Crippen molar-refractivity contribution < 1.29 is 14.7 Å². The van der Waals surface area contributed by atoms with Crippen LogP contribution in [0.5, 0.6) is 0 Å². The molecule has 0 unspecified atom stereocenters. The van der Waals surface area contributed by atoms with E-state index in [1.54, 1.807) is 0 Å². The van der Waals surface area contributed by atoms with Gasteiger partial charge in [-0.1, -0.05) is 18.4 Å². The van der Waals surface area contributed by atoms with Gasteiger partial charge in [0.25, 0.3) is 5.95 Å². The molecule has 1 aromatic rings. The lowest BCUT2D eigenvalue weighted by Gasteiger charge is -2.09. The standard InChI is InChI=1S/C10H15N5O3/c1-2-3-4-15-12-10(11-13-15)14-6-7(9(17)18)5-8(14)16/h7H,2-6H2,1H3,(H,17,18)/t7-/m1/s1. The number of hydrogen-bond acceptors (Lipinski definition) is 5. The van der Waals surface area contributed by atoms with Gasteiger partial charge in [-0.25, -0.2) is 0 Å². The van der Waals surface area contributed by atoms with E-state index >= 15 is 0 Å². The third-order valence-electron chi connectivity index (χ3n) is 2.87. The van der Waals surface area contributed by atoms with E-state index in [-0.39, 0.29) is 24.8 Å². The van der Waals surface area contributed by atoms with E-state index in [1.807, 2.05) is 0 Å². The molecule has 0 aromatic carbocycles. The van der Waals surface area contributed by atoms with Gasteiger partial charge in [0.15, 0.2) is 0 Å². The van der Waals surface area contributed by atoms with Crippen LogP contribution in [-0.2, 0) is 16.1 Å². The van der Waals surface area contributed by atoms with Crippen LogP contribution in [0.15, 0.2) is 0 Å². The van der Waals surface area contributed by atoms with Gasteiger partial charge in [0.05, 0.1) is 12.5 Å². The molecule has 2 heterocycles. The maximum absolute atomic E-state index is 11.7. The molecule has 1 saturated heterocycles. The van der Waals surface area contributed by atoms with Crippen LogP contribution in [-0.4, -0.2) is 43.7 Å². The number of aryl methyl sites for hydroxylation is 1. The number of carbonyl (C=O) groups is 2. The van der Waals surface area contributed by atoms with Crippen molar-refractivity contribution in [2.75, 3.05) is 11.4 Å². The SMILES string of the molecule is CCCCn1nnc(N2C[C@H](C(=O)O)CC2=O)n1. The van der Waals surface area contributed by atoms with E-state index in [0.717, 1.165) is 12.8 Å². The Morgan fingerprint density at radius 2 is 2.33 bits per heavy atom. The number of tetrazole rings is 1. The Morgan fingerprint density at radius 1 is 1.56 bits per heavy atom. The predicted octanol–water partition coefficient (Wildman–Crippen LogP) is -0.0893.